The molecule has 0 fully saturated rings. The minimum absolute atomic E-state index is 0. The topological polar surface area (TPSA) is 0 Å². The van der Waals surface area contributed by atoms with Crippen molar-refractivity contribution in [1.29, 1.82) is 0 Å². The Balaban J connectivity index is 0.000000720. The first-order valence-electron chi connectivity index (χ1n) is 3.31. The molecule has 0 nitrogen and oxygen atoms in total. The number of allylic oxidation sites excluding steroid dienone is 4. The Bertz CT molecular complexity index is 256. The van der Waals surface area contributed by atoms with Crippen LogP contribution in [0.4, 0.5) is 0 Å². The quantitative estimate of drug-likeness (QED) is 0.242. The van der Waals surface area contributed by atoms with Crippen LogP contribution in [0, 0.1) is 0 Å². The minimum Gasteiger partial charge on any atom is -1.00 e. The summed E-state index contributed by atoms with van der Waals surface area (Å²) in [6.07, 6.45) is 8.51. The molecule has 2 rings (SSSR count). The molecule has 0 unspecified atom stereocenters. The van der Waals surface area contributed by atoms with E-state index in [-0.39, 0.29) is 66.5 Å². The fourth-order valence-electron chi connectivity index (χ4n) is 0.904. The van der Waals surface area contributed by atoms with Crippen molar-refractivity contribution in [2.75, 3.05) is 0 Å². The van der Waals surface area contributed by atoms with Crippen molar-refractivity contribution in [3.63, 3.8) is 0 Å². The fraction of sp³-hybridized carbons (Fsp3) is 0.167. The maximum atomic E-state index is 2.50. The van der Waals surface area contributed by atoms with Crippen molar-refractivity contribution >= 4 is 61.0 Å². The van der Waals surface area contributed by atoms with Gasteiger partial charge in [-0.05, 0) is 0 Å². The summed E-state index contributed by atoms with van der Waals surface area (Å²) >= 11 is 1.75. The summed E-state index contributed by atoms with van der Waals surface area (Å²) in [5.41, 5.74) is 0. The zero-order valence-electron chi connectivity index (χ0n) is 6.54. The first-order chi connectivity index (χ1) is 5.45. The summed E-state index contributed by atoms with van der Waals surface area (Å²) in [7, 11) is 0. The molecule has 0 spiro atoms. The summed E-state index contributed by atoms with van der Waals surface area (Å²) in [6.45, 7) is 0. The maximum absolute atomic E-state index is 2.50. The second kappa shape index (κ2) is 10.3. The van der Waals surface area contributed by atoms with Gasteiger partial charge < -0.3 is 24.8 Å². The van der Waals surface area contributed by atoms with Crippen molar-refractivity contribution in [3.8, 4) is 0 Å². The van der Waals surface area contributed by atoms with Crippen molar-refractivity contribution in [1.82, 2.24) is 0 Å². The fourth-order valence-corrected chi connectivity index (χ4v) is 886. The minimum atomic E-state index is 0. The summed E-state index contributed by atoms with van der Waals surface area (Å²) in [5, 5.41) is 0. The molecule has 7 heteroatoms. The molecule has 0 amide bonds. The van der Waals surface area contributed by atoms with E-state index in [0.717, 1.165) is 0 Å². The number of rotatable bonds is 2. The van der Waals surface area contributed by atoms with Crippen LogP contribution >= 0.6 is 0 Å². The molecule has 0 aromatic rings. The van der Waals surface area contributed by atoms with Gasteiger partial charge in [-0.3, -0.25) is 0 Å². The van der Waals surface area contributed by atoms with Crippen LogP contribution in [0.25, 0.3) is 0 Å². The number of hydrogen-bond donors (Lipinski definition) is 0. The van der Waals surface area contributed by atoms with Gasteiger partial charge in [0.1, 0.15) is 0 Å². The third kappa shape index (κ3) is 6.74. The molecule has 2 aliphatic rings. The van der Waals surface area contributed by atoms with Crippen molar-refractivity contribution < 1.29 is 48.0 Å². The smallest absolute Gasteiger partial charge is 1.00 e. The van der Waals surface area contributed by atoms with Gasteiger partial charge in [-0.2, -0.15) is 0 Å². The van der Waals surface area contributed by atoms with E-state index in [0.29, 0.717) is 43.9 Å². The van der Waals surface area contributed by atoms with E-state index in [2.05, 4.69) is 16.8 Å². The summed E-state index contributed by atoms with van der Waals surface area (Å²) in [6, 6.07) is 0. The van der Waals surface area contributed by atoms with Gasteiger partial charge in [-0.1, -0.05) is 0 Å². The second-order valence-corrected chi connectivity index (χ2v) is 169. The maximum Gasteiger partial charge on any atom is -1.00 e. The first-order valence-corrected chi connectivity index (χ1v) is 56.8. The molecule has 0 aromatic carbocycles. The molecule has 1 aliphatic heterocycles. The Morgan fingerprint density at radius 3 is 2.77 bits per heavy atom. The van der Waals surface area contributed by atoms with Crippen LogP contribution in [-0.4, -0.2) is 61.0 Å². The number of hydrogen-bond acceptors (Lipinski definition) is 0. The summed E-state index contributed by atoms with van der Waals surface area (Å²) in [5.74, 6) is 0. The summed E-state index contributed by atoms with van der Waals surface area (Å²) < 4.78 is 4.45. The van der Waals surface area contributed by atoms with Crippen LogP contribution in [0.2, 0.25) is 0 Å². The van der Waals surface area contributed by atoms with Gasteiger partial charge in [0.05, 0.1) is 0 Å². The van der Waals surface area contributed by atoms with Crippen LogP contribution in [0.1, 0.15) is 6.42 Å². The molecule has 0 saturated carbocycles. The van der Waals surface area contributed by atoms with Gasteiger partial charge >= 0.3 is 112 Å². The summed E-state index contributed by atoms with van der Waals surface area (Å²) in [4.78, 5) is 0. The van der Waals surface area contributed by atoms with Crippen LogP contribution < -0.4 is 24.8 Å². The van der Waals surface area contributed by atoms with Gasteiger partial charge in [-0.15, -0.1) is 0 Å². The molecule has 0 saturated heterocycles. The zero-order valence-corrected chi connectivity index (χ0v) is 24.8. The molecule has 1 heterocycles. The van der Waals surface area contributed by atoms with Crippen molar-refractivity contribution in [2.45, 2.75) is 6.42 Å². The third-order valence-corrected chi connectivity index (χ3v) is 454. The Morgan fingerprint density at radius 2 is 2.23 bits per heavy atom. The van der Waals surface area contributed by atoms with E-state index in [1.165, 1.54) is 6.42 Å². The van der Waals surface area contributed by atoms with Gasteiger partial charge in [-0.25, -0.2) is 0 Å². The normalized spacial score (nSPS) is 16.9. The standard InChI is InChI=1S/C5H5.C.4Bi.2ClH.Zr.H/c1-2-4-5-3-1;;;;;;;;;/h1-3H,4H2;;;;;;2*1H;;/q;;;;;;;;+2;/p-2. The first kappa shape index (κ1) is 17.3. The van der Waals surface area contributed by atoms with Gasteiger partial charge in [0.15, 0.2) is 0 Å². The van der Waals surface area contributed by atoms with E-state index >= 15 is 0 Å². The largest absolute Gasteiger partial charge is 1.00 e. The van der Waals surface area contributed by atoms with E-state index in [4.69, 9.17) is 0 Å². The molecule has 0 bridgehead atoms. The van der Waals surface area contributed by atoms with Crippen molar-refractivity contribution in [3.05, 3.63) is 21.5 Å². The van der Waals surface area contributed by atoms with Crippen LogP contribution in [0.15, 0.2) is 21.5 Å². The monoisotopic (exact) mass is 1070 g/mol. The van der Waals surface area contributed by atoms with E-state index < -0.39 is 0 Å². The average Bonchev–Trinajstić information content (AvgIpc) is 2.60. The molecule has 0 radical (unpaired) electrons. The van der Waals surface area contributed by atoms with Crippen molar-refractivity contribution in [2.24, 2.45) is 0 Å². The molecule has 0 atom stereocenters. The Hall–Kier alpha value is 4.35. The Morgan fingerprint density at radius 1 is 1.38 bits per heavy atom. The van der Waals surface area contributed by atoms with Gasteiger partial charge in [0.2, 0.25) is 0 Å². The van der Waals surface area contributed by atoms with E-state index in [9.17, 15) is 0 Å². The Labute approximate surface area is 133 Å². The number of halogens is 2. The SMILES string of the molecule is C1=CC[C]([Zr+2][C]2=[Bi][Bi]=[Bi][BiH]2)=C1.[Cl-].[Cl-]. The molecule has 68 valence electrons. The molecular formula is C6H6Bi4Cl2Zr. The van der Waals surface area contributed by atoms with Gasteiger partial charge in [0, 0.05) is 0 Å². The molecular weight excluding hydrogens is 1070 g/mol. The molecule has 0 N–H and O–H groups in total. The second-order valence-electron chi connectivity index (χ2n) is 2.20. The average molecular weight is 1080 g/mol. The molecule has 1 aliphatic carbocycles. The van der Waals surface area contributed by atoms with Gasteiger partial charge in [0.25, 0.3) is 0 Å². The van der Waals surface area contributed by atoms with E-state index in [1.807, 2.05) is 3.28 Å². The molecule has 0 aromatic heterocycles. The zero-order chi connectivity index (χ0) is 7.52. The van der Waals surface area contributed by atoms with Crippen LogP contribution in [-0.2, 0) is 23.2 Å². The Kier molecular flexibility index (Phi) is 13.7. The predicted molar refractivity (Wildman–Crippen MR) is 51.3 cm³/mol. The molecule has 13 heavy (non-hydrogen) atoms. The predicted octanol–water partition coefficient (Wildman–Crippen LogP) is -6.68. The van der Waals surface area contributed by atoms with Crippen LogP contribution in [0.5, 0.6) is 0 Å². The van der Waals surface area contributed by atoms with Crippen LogP contribution in [0.3, 0.4) is 0 Å². The van der Waals surface area contributed by atoms with E-state index in [1.54, 1.807) is 0 Å². The third-order valence-electron chi connectivity index (χ3n) is 1.40.